The standard InChI is InChI=1S/C8H11N3/c1-6-4-7(2-3-11-6)5-8(9)10/h2-4H,5H2,1H3,(H3,9,10). The van der Waals surface area contributed by atoms with Crippen LogP contribution in [0.2, 0.25) is 0 Å². The number of amidine groups is 1. The van der Waals surface area contributed by atoms with Gasteiger partial charge in [0.2, 0.25) is 0 Å². The largest absolute Gasteiger partial charge is 0.387 e. The van der Waals surface area contributed by atoms with E-state index in [1.165, 1.54) is 0 Å². The lowest BCUT2D eigenvalue weighted by Crippen LogP contribution is -2.12. The van der Waals surface area contributed by atoms with Crippen molar-refractivity contribution in [2.75, 3.05) is 0 Å². The Bertz CT molecular complexity index is 268. The molecular formula is C8H11N3. The Balaban J connectivity index is 2.79. The Kier molecular flexibility index (Phi) is 2.21. The van der Waals surface area contributed by atoms with E-state index in [9.17, 15) is 0 Å². The van der Waals surface area contributed by atoms with E-state index in [0.29, 0.717) is 6.42 Å². The summed E-state index contributed by atoms with van der Waals surface area (Å²) in [5.41, 5.74) is 7.25. The molecule has 0 spiro atoms. The minimum absolute atomic E-state index is 0.190. The predicted octanol–water partition coefficient (Wildman–Crippen LogP) is 0.868. The Morgan fingerprint density at radius 3 is 3.00 bits per heavy atom. The molecule has 0 bridgehead atoms. The van der Waals surface area contributed by atoms with Gasteiger partial charge in [-0.25, -0.2) is 0 Å². The number of aryl methyl sites for hydroxylation is 1. The van der Waals surface area contributed by atoms with Gasteiger partial charge in [-0.2, -0.15) is 0 Å². The quantitative estimate of drug-likeness (QED) is 0.484. The van der Waals surface area contributed by atoms with Gasteiger partial charge in [0, 0.05) is 18.3 Å². The van der Waals surface area contributed by atoms with Crippen molar-refractivity contribution in [3.8, 4) is 0 Å². The van der Waals surface area contributed by atoms with E-state index in [-0.39, 0.29) is 5.84 Å². The second-order valence-corrected chi connectivity index (χ2v) is 2.51. The van der Waals surface area contributed by atoms with Gasteiger partial charge in [-0.3, -0.25) is 10.4 Å². The van der Waals surface area contributed by atoms with Gasteiger partial charge >= 0.3 is 0 Å². The third kappa shape index (κ3) is 2.37. The molecule has 1 aromatic rings. The van der Waals surface area contributed by atoms with Crippen molar-refractivity contribution in [1.82, 2.24) is 4.98 Å². The van der Waals surface area contributed by atoms with Crippen LogP contribution in [0.3, 0.4) is 0 Å². The molecule has 0 aliphatic carbocycles. The summed E-state index contributed by atoms with van der Waals surface area (Å²) in [6.45, 7) is 1.92. The zero-order valence-corrected chi connectivity index (χ0v) is 6.46. The lowest BCUT2D eigenvalue weighted by molar-refractivity contribution is 1.14. The molecule has 3 heteroatoms. The summed E-state index contributed by atoms with van der Waals surface area (Å²) in [4.78, 5) is 4.04. The van der Waals surface area contributed by atoms with Crippen LogP contribution in [0.4, 0.5) is 0 Å². The summed E-state index contributed by atoms with van der Waals surface area (Å²) in [6.07, 6.45) is 2.25. The highest BCUT2D eigenvalue weighted by Crippen LogP contribution is 2.00. The van der Waals surface area contributed by atoms with Crippen molar-refractivity contribution in [2.24, 2.45) is 5.73 Å². The molecule has 1 heterocycles. The summed E-state index contributed by atoms with van der Waals surface area (Å²) >= 11 is 0. The molecule has 0 atom stereocenters. The molecule has 0 aliphatic heterocycles. The number of hydrogen-bond donors (Lipinski definition) is 2. The molecule has 11 heavy (non-hydrogen) atoms. The molecule has 3 nitrogen and oxygen atoms in total. The van der Waals surface area contributed by atoms with Crippen LogP contribution in [-0.4, -0.2) is 10.8 Å². The zero-order valence-electron chi connectivity index (χ0n) is 6.46. The molecule has 0 saturated carbocycles. The molecule has 0 aromatic carbocycles. The van der Waals surface area contributed by atoms with E-state index >= 15 is 0 Å². The van der Waals surface area contributed by atoms with Crippen molar-refractivity contribution in [3.05, 3.63) is 29.6 Å². The third-order valence-corrected chi connectivity index (χ3v) is 1.36. The molecular weight excluding hydrogens is 138 g/mol. The fourth-order valence-corrected chi connectivity index (χ4v) is 0.934. The van der Waals surface area contributed by atoms with Gasteiger partial charge in [0.05, 0.1) is 5.84 Å². The summed E-state index contributed by atoms with van der Waals surface area (Å²) < 4.78 is 0. The summed E-state index contributed by atoms with van der Waals surface area (Å²) in [7, 11) is 0. The number of nitrogens with two attached hydrogens (primary N) is 1. The summed E-state index contributed by atoms with van der Waals surface area (Å²) in [5.74, 6) is 0.190. The maximum atomic E-state index is 7.06. The minimum atomic E-state index is 0.190. The topological polar surface area (TPSA) is 62.8 Å². The van der Waals surface area contributed by atoms with E-state index in [1.54, 1.807) is 6.20 Å². The number of hydrogen-bond acceptors (Lipinski definition) is 2. The van der Waals surface area contributed by atoms with Crippen LogP contribution in [-0.2, 0) is 6.42 Å². The summed E-state index contributed by atoms with van der Waals surface area (Å²) in [5, 5.41) is 7.06. The van der Waals surface area contributed by atoms with Gasteiger partial charge in [-0.15, -0.1) is 0 Å². The third-order valence-electron chi connectivity index (χ3n) is 1.36. The van der Waals surface area contributed by atoms with Crippen molar-refractivity contribution in [1.29, 1.82) is 5.41 Å². The van der Waals surface area contributed by atoms with Crippen LogP contribution in [0.15, 0.2) is 18.3 Å². The van der Waals surface area contributed by atoms with Crippen LogP contribution in [0.5, 0.6) is 0 Å². The van der Waals surface area contributed by atoms with E-state index in [4.69, 9.17) is 11.1 Å². The van der Waals surface area contributed by atoms with Gasteiger partial charge in [-0.05, 0) is 24.6 Å². The van der Waals surface area contributed by atoms with E-state index in [0.717, 1.165) is 11.3 Å². The highest BCUT2D eigenvalue weighted by Gasteiger charge is 1.94. The van der Waals surface area contributed by atoms with Crippen molar-refractivity contribution in [2.45, 2.75) is 13.3 Å². The fourth-order valence-electron chi connectivity index (χ4n) is 0.934. The Morgan fingerprint density at radius 2 is 2.45 bits per heavy atom. The first-order valence-electron chi connectivity index (χ1n) is 3.43. The van der Waals surface area contributed by atoms with Gasteiger partial charge < -0.3 is 5.73 Å². The van der Waals surface area contributed by atoms with Crippen LogP contribution in [0.25, 0.3) is 0 Å². The van der Waals surface area contributed by atoms with Crippen molar-refractivity contribution < 1.29 is 0 Å². The summed E-state index contributed by atoms with van der Waals surface area (Å²) in [6, 6.07) is 3.80. The van der Waals surface area contributed by atoms with E-state index in [2.05, 4.69) is 4.98 Å². The van der Waals surface area contributed by atoms with Gasteiger partial charge in [0.15, 0.2) is 0 Å². The first-order valence-corrected chi connectivity index (χ1v) is 3.43. The number of rotatable bonds is 2. The first-order chi connectivity index (χ1) is 5.18. The number of pyridine rings is 1. The number of nitrogens with one attached hydrogen (secondary N) is 1. The Hall–Kier alpha value is -1.38. The maximum Gasteiger partial charge on any atom is 0.0950 e. The van der Waals surface area contributed by atoms with Gasteiger partial charge in [0.25, 0.3) is 0 Å². The maximum absolute atomic E-state index is 7.06. The molecule has 0 unspecified atom stereocenters. The smallest absolute Gasteiger partial charge is 0.0950 e. The second-order valence-electron chi connectivity index (χ2n) is 2.51. The Labute approximate surface area is 65.8 Å². The highest BCUT2D eigenvalue weighted by molar-refractivity contribution is 5.79. The lowest BCUT2D eigenvalue weighted by Gasteiger charge is -1.98. The molecule has 1 rings (SSSR count). The monoisotopic (exact) mass is 149 g/mol. The molecule has 1 aromatic heterocycles. The molecule has 0 saturated heterocycles. The molecule has 0 fully saturated rings. The first kappa shape index (κ1) is 7.72. The second kappa shape index (κ2) is 3.14. The van der Waals surface area contributed by atoms with Crippen molar-refractivity contribution >= 4 is 5.84 Å². The molecule has 0 aliphatic rings. The SMILES string of the molecule is Cc1cc(CC(=N)N)ccn1. The number of nitrogens with zero attached hydrogens (tertiary/aromatic N) is 1. The van der Waals surface area contributed by atoms with Crippen LogP contribution in [0, 0.1) is 12.3 Å². The number of aromatic nitrogens is 1. The van der Waals surface area contributed by atoms with Crippen LogP contribution >= 0.6 is 0 Å². The molecule has 0 radical (unpaired) electrons. The van der Waals surface area contributed by atoms with Crippen LogP contribution < -0.4 is 5.73 Å². The average molecular weight is 149 g/mol. The van der Waals surface area contributed by atoms with Gasteiger partial charge in [0.1, 0.15) is 0 Å². The normalized spacial score (nSPS) is 9.55. The lowest BCUT2D eigenvalue weighted by atomic mass is 10.1. The van der Waals surface area contributed by atoms with Crippen molar-refractivity contribution in [3.63, 3.8) is 0 Å². The zero-order chi connectivity index (χ0) is 8.27. The van der Waals surface area contributed by atoms with E-state index < -0.39 is 0 Å². The molecule has 0 amide bonds. The van der Waals surface area contributed by atoms with Crippen LogP contribution in [0.1, 0.15) is 11.3 Å². The molecule has 58 valence electrons. The Morgan fingerprint density at radius 1 is 1.73 bits per heavy atom. The predicted molar refractivity (Wildman–Crippen MR) is 44.6 cm³/mol. The molecule has 3 N–H and O–H groups in total. The van der Waals surface area contributed by atoms with E-state index in [1.807, 2.05) is 19.1 Å². The minimum Gasteiger partial charge on any atom is -0.387 e. The highest BCUT2D eigenvalue weighted by atomic mass is 14.7. The van der Waals surface area contributed by atoms with Gasteiger partial charge in [-0.1, -0.05) is 0 Å². The average Bonchev–Trinajstić information content (AvgIpc) is 1.85. The fraction of sp³-hybridized carbons (Fsp3) is 0.250.